The van der Waals surface area contributed by atoms with Gasteiger partial charge in [-0.05, 0) is 36.2 Å². The summed E-state index contributed by atoms with van der Waals surface area (Å²) in [6, 6.07) is 13.6. The topological polar surface area (TPSA) is 80.9 Å². The van der Waals surface area contributed by atoms with Crippen molar-refractivity contribution in [3.8, 4) is 5.82 Å². The zero-order valence-electron chi connectivity index (χ0n) is 13.8. The summed E-state index contributed by atoms with van der Waals surface area (Å²) >= 11 is 6.08. The average molecular weight is 364 g/mol. The molecule has 8 heteroatoms. The Kier molecular flexibility index (Phi) is 4.28. The fourth-order valence-corrected chi connectivity index (χ4v) is 2.70. The minimum atomic E-state index is 0.100. The number of rotatable bonds is 4. The molecule has 0 fully saturated rings. The highest BCUT2D eigenvalue weighted by Crippen LogP contribution is 2.22. The van der Waals surface area contributed by atoms with Crippen molar-refractivity contribution in [3.63, 3.8) is 0 Å². The van der Waals surface area contributed by atoms with E-state index in [4.69, 9.17) is 11.6 Å². The SMILES string of the molecule is Cc1cccc(/C=N/Nc2nc(Cl)nc3c2ncn3-c2ccccn2)c1. The van der Waals surface area contributed by atoms with Crippen LogP contribution in [0.4, 0.5) is 5.82 Å². The van der Waals surface area contributed by atoms with Gasteiger partial charge in [0.1, 0.15) is 12.1 Å². The molecule has 0 saturated heterocycles. The normalized spacial score (nSPS) is 11.3. The number of hydrogen-bond acceptors (Lipinski definition) is 6. The first-order valence-corrected chi connectivity index (χ1v) is 8.26. The molecule has 0 aliphatic rings. The van der Waals surface area contributed by atoms with Crippen molar-refractivity contribution < 1.29 is 0 Å². The zero-order valence-corrected chi connectivity index (χ0v) is 14.6. The monoisotopic (exact) mass is 363 g/mol. The maximum absolute atomic E-state index is 6.08. The summed E-state index contributed by atoms with van der Waals surface area (Å²) in [6.07, 6.45) is 5.05. The van der Waals surface area contributed by atoms with Crippen LogP contribution in [-0.2, 0) is 0 Å². The van der Waals surface area contributed by atoms with Crippen LogP contribution in [0, 0.1) is 6.92 Å². The number of aromatic nitrogens is 5. The Balaban J connectivity index is 1.69. The summed E-state index contributed by atoms with van der Waals surface area (Å²) in [7, 11) is 0. The molecule has 3 heterocycles. The summed E-state index contributed by atoms with van der Waals surface area (Å²) in [4.78, 5) is 17.2. The molecule has 128 valence electrons. The highest BCUT2D eigenvalue weighted by Gasteiger charge is 2.13. The van der Waals surface area contributed by atoms with Gasteiger partial charge in [-0.2, -0.15) is 15.1 Å². The van der Waals surface area contributed by atoms with Gasteiger partial charge in [-0.25, -0.2) is 9.97 Å². The van der Waals surface area contributed by atoms with Gasteiger partial charge in [0, 0.05) is 6.20 Å². The maximum atomic E-state index is 6.08. The van der Waals surface area contributed by atoms with Gasteiger partial charge in [-0.15, -0.1) is 0 Å². The second-order valence-electron chi connectivity index (χ2n) is 5.60. The molecule has 0 radical (unpaired) electrons. The number of imidazole rings is 1. The van der Waals surface area contributed by atoms with Crippen molar-refractivity contribution >= 4 is 34.8 Å². The van der Waals surface area contributed by atoms with Crippen molar-refractivity contribution in [2.45, 2.75) is 6.92 Å². The van der Waals surface area contributed by atoms with Crippen LogP contribution in [0.3, 0.4) is 0 Å². The van der Waals surface area contributed by atoms with Crippen molar-refractivity contribution in [1.82, 2.24) is 24.5 Å². The molecule has 7 nitrogen and oxygen atoms in total. The second-order valence-corrected chi connectivity index (χ2v) is 5.94. The average Bonchev–Trinajstić information content (AvgIpc) is 3.06. The first kappa shape index (κ1) is 16.2. The lowest BCUT2D eigenvalue weighted by Crippen LogP contribution is -2.00. The van der Waals surface area contributed by atoms with E-state index in [9.17, 15) is 0 Å². The number of anilines is 1. The van der Waals surface area contributed by atoms with E-state index in [0.717, 1.165) is 11.1 Å². The number of hydrogen-bond donors (Lipinski definition) is 1. The Morgan fingerprint density at radius 1 is 1.12 bits per heavy atom. The second kappa shape index (κ2) is 6.89. The third-order valence-corrected chi connectivity index (χ3v) is 3.86. The fourth-order valence-electron chi connectivity index (χ4n) is 2.53. The molecule has 4 aromatic rings. The molecule has 0 aliphatic heterocycles. The van der Waals surface area contributed by atoms with Gasteiger partial charge in [0.2, 0.25) is 5.28 Å². The van der Waals surface area contributed by atoms with Gasteiger partial charge < -0.3 is 0 Å². The lowest BCUT2D eigenvalue weighted by molar-refractivity contribution is 1.00. The number of hydrazone groups is 1. The molecule has 0 aliphatic carbocycles. The molecular weight excluding hydrogens is 350 g/mol. The number of pyridine rings is 1. The molecule has 4 rings (SSSR count). The summed E-state index contributed by atoms with van der Waals surface area (Å²) in [5.41, 5.74) is 6.15. The van der Waals surface area contributed by atoms with Gasteiger partial charge in [0.15, 0.2) is 17.0 Å². The zero-order chi connectivity index (χ0) is 17.9. The van der Waals surface area contributed by atoms with E-state index in [2.05, 4.69) is 30.5 Å². The number of nitrogens with one attached hydrogen (secondary N) is 1. The molecule has 1 N–H and O–H groups in total. The van der Waals surface area contributed by atoms with Crippen molar-refractivity contribution in [1.29, 1.82) is 0 Å². The lowest BCUT2D eigenvalue weighted by Gasteiger charge is -2.04. The fraction of sp³-hybridized carbons (Fsp3) is 0.0556. The molecule has 0 atom stereocenters. The minimum Gasteiger partial charge on any atom is -0.267 e. The van der Waals surface area contributed by atoms with Gasteiger partial charge in [0.25, 0.3) is 0 Å². The summed E-state index contributed by atoms with van der Waals surface area (Å²) < 4.78 is 1.75. The number of fused-ring (bicyclic) bond motifs is 1. The number of halogens is 1. The van der Waals surface area contributed by atoms with E-state index in [1.807, 2.05) is 49.4 Å². The van der Waals surface area contributed by atoms with Crippen LogP contribution in [0.5, 0.6) is 0 Å². The van der Waals surface area contributed by atoms with Crippen LogP contribution in [0.15, 0.2) is 60.1 Å². The first-order valence-electron chi connectivity index (χ1n) is 7.88. The van der Waals surface area contributed by atoms with E-state index in [-0.39, 0.29) is 5.28 Å². The maximum Gasteiger partial charge on any atom is 0.226 e. The van der Waals surface area contributed by atoms with Crippen LogP contribution < -0.4 is 5.43 Å². The van der Waals surface area contributed by atoms with Crippen LogP contribution in [-0.4, -0.2) is 30.7 Å². The molecule has 3 aromatic heterocycles. The summed E-state index contributed by atoms with van der Waals surface area (Å²) in [5.74, 6) is 1.12. The minimum absolute atomic E-state index is 0.100. The van der Waals surface area contributed by atoms with Crippen LogP contribution in [0.25, 0.3) is 17.0 Å². The Morgan fingerprint density at radius 3 is 2.85 bits per heavy atom. The van der Waals surface area contributed by atoms with Gasteiger partial charge >= 0.3 is 0 Å². The van der Waals surface area contributed by atoms with Crippen LogP contribution >= 0.6 is 11.6 Å². The Bertz CT molecular complexity index is 1090. The standard InChI is InChI=1S/C18H14ClN7/c1-12-5-4-6-13(9-12)10-22-25-16-15-17(24-18(19)23-16)26(11-21-15)14-7-2-3-8-20-14/h2-11H,1H3,(H,23,24,25)/b22-10+. The molecule has 0 spiro atoms. The highest BCUT2D eigenvalue weighted by molar-refractivity contribution is 6.28. The number of nitrogens with zero attached hydrogens (tertiary/aromatic N) is 6. The van der Waals surface area contributed by atoms with E-state index >= 15 is 0 Å². The Morgan fingerprint density at radius 2 is 2.04 bits per heavy atom. The number of aryl methyl sites for hydroxylation is 1. The van der Waals surface area contributed by atoms with E-state index in [1.165, 1.54) is 0 Å². The lowest BCUT2D eigenvalue weighted by atomic mass is 10.2. The van der Waals surface area contributed by atoms with Crippen LogP contribution in [0.1, 0.15) is 11.1 Å². The third-order valence-electron chi connectivity index (χ3n) is 3.69. The molecule has 0 amide bonds. The quantitative estimate of drug-likeness (QED) is 0.340. The molecular formula is C18H14ClN7. The Labute approximate surface area is 154 Å². The van der Waals surface area contributed by atoms with Gasteiger partial charge in [-0.1, -0.05) is 35.9 Å². The van der Waals surface area contributed by atoms with Crippen molar-refractivity contribution in [2.75, 3.05) is 5.43 Å². The van der Waals surface area contributed by atoms with E-state index in [1.54, 1.807) is 23.3 Å². The summed E-state index contributed by atoms with van der Waals surface area (Å²) in [6.45, 7) is 2.03. The highest BCUT2D eigenvalue weighted by atomic mass is 35.5. The van der Waals surface area contributed by atoms with Crippen molar-refractivity contribution in [3.05, 3.63) is 71.4 Å². The smallest absolute Gasteiger partial charge is 0.226 e. The molecule has 0 saturated carbocycles. The van der Waals surface area contributed by atoms with Gasteiger partial charge in [-0.3, -0.25) is 9.99 Å². The van der Waals surface area contributed by atoms with E-state index in [0.29, 0.717) is 22.8 Å². The van der Waals surface area contributed by atoms with Crippen LogP contribution in [0.2, 0.25) is 5.28 Å². The Hall–Kier alpha value is -3.32. The predicted octanol–water partition coefficient (Wildman–Crippen LogP) is 3.62. The molecule has 0 unspecified atom stereocenters. The predicted molar refractivity (Wildman–Crippen MR) is 102 cm³/mol. The van der Waals surface area contributed by atoms with Crippen molar-refractivity contribution in [2.24, 2.45) is 5.10 Å². The molecule has 1 aromatic carbocycles. The number of benzene rings is 1. The summed E-state index contributed by atoms with van der Waals surface area (Å²) in [5, 5.41) is 4.34. The molecule has 26 heavy (non-hydrogen) atoms. The third kappa shape index (κ3) is 3.25. The van der Waals surface area contributed by atoms with E-state index < -0.39 is 0 Å². The first-order chi connectivity index (χ1) is 12.7. The largest absolute Gasteiger partial charge is 0.267 e. The molecule has 0 bridgehead atoms. The van der Waals surface area contributed by atoms with Gasteiger partial charge in [0.05, 0.1) is 6.21 Å².